The molecule has 0 aliphatic heterocycles. The van der Waals surface area contributed by atoms with Gasteiger partial charge in [0, 0.05) is 0 Å². The van der Waals surface area contributed by atoms with Crippen molar-refractivity contribution in [2.75, 3.05) is 0 Å². The van der Waals surface area contributed by atoms with Crippen LogP contribution in [-0.4, -0.2) is 5.78 Å². The highest BCUT2D eigenvalue weighted by Gasteiger charge is 2.24. The maximum atomic E-state index is 13.3. The van der Waals surface area contributed by atoms with E-state index in [0.29, 0.717) is 12.5 Å². The van der Waals surface area contributed by atoms with E-state index in [-0.39, 0.29) is 6.42 Å². The molecule has 0 aromatic heterocycles. The molecule has 0 aliphatic carbocycles. The van der Waals surface area contributed by atoms with Crippen LogP contribution in [0.3, 0.4) is 0 Å². The molecule has 0 heterocycles. The van der Waals surface area contributed by atoms with Crippen molar-refractivity contribution in [3.63, 3.8) is 0 Å². The lowest BCUT2D eigenvalue weighted by Crippen LogP contribution is -2.15. The Morgan fingerprint density at radius 2 is 2.00 bits per heavy atom. The minimum atomic E-state index is -1.69. The minimum absolute atomic E-state index is 0.258. The van der Waals surface area contributed by atoms with Crippen LogP contribution in [-0.2, 0) is 0 Å². The molecule has 0 N–H and O–H groups in total. The van der Waals surface area contributed by atoms with Crippen LogP contribution in [0.25, 0.3) is 0 Å². The average Bonchev–Trinajstić information content (AvgIpc) is 2.32. The number of hydrogen-bond acceptors (Lipinski definition) is 2. The van der Waals surface area contributed by atoms with Gasteiger partial charge in [0.15, 0.2) is 23.2 Å². The van der Waals surface area contributed by atoms with Gasteiger partial charge < -0.3 is 0 Å². The van der Waals surface area contributed by atoms with Gasteiger partial charge in [0.25, 0.3) is 0 Å². The Morgan fingerprint density at radius 1 is 1.35 bits per heavy atom. The molecule has 1 unspecified atom stereocenters. The summed E-state index contributed by atoms with van der Waals surface area (Å²) in [7, 11) is 0. The van der Waals surface area contributed by atoms with Crippen molar-refractivity contribution >= 4 is 5.78 Å². The summed E-state index contributed by atoms with van der Waals surface area (Å²) in [4.78, 5) is 11.7. The Bertz CT molecular complexity index is 479. The molecule has 1 atom stereocenters. The number of carbonyl (C=O) groups is 1. The molecule has 0 radical (unpaired) electrons. The zero-order chi connectivity index (χ0) is 13.0. The summed E-state index contributed by atoms with van der Waals surface area (Å²) >= 11 is 0. The molecule has 1 aromatic rings. The number of ketones is 1. The number of rotatable bonds is 4. The van der Waals surface area contributed by atoms with Crippen LogP contribution in [0.15, 0.2) is 12.1 Å². The number of benzene rings is 1. The maximum absolute atomic E-state index is 13.3. The van der Waals surface area contributed by atoms with Gasteiger partial charge in [-0.1, -0.05) is 13.3 Å². The summed E-state index contributed by atoms with van der Waals surface area (Å²) in [6.45, 7) is 1.76. The van der Waals surface area contributed by atoms with Crippen molar-refractivity contribution < 1.29 is 18.0 Å². The summed E-state index contributed by atoms with van der Waals surface area (Å²) in [5.74, 6) is -6.43. The molecular formula is C12H10F3NO. The van der Waals surface area contributed by atoms with Gasteiger partial charge in [-0.15, -0.1) is 0 Å². The average molecular weight is 241 g/mol. The molecule has 5 heteroatoms. The first-order valence-electron chi connectivity index (χ1n) is 5.10. The lowest BCUT2D eigenvalue weighted by molar-refractivity contribution is 0.0938. The lowest BCUT2D eigenvalue weighted by atomic mass is 9.94. The van der Waals surface area contributed by atoms with Gasteiger partial charge in [0.2, 0.25) is 0 Å². The predicted octanol–water partition coefficient (Wildman–Crippen LogP) is 3.23. The Morgan fingerprint density at radius 3 is 2.53 bits per heavy atom. The van der Waals surface area contributed by atoms with Crippen LogP contribution in [0.5, 0.6) is 0 Å². The number of hydrogen-bond donors (Lipinski definition) is 0. The Balaban J connectivity index is 3.13. The number of nitriles is 1. The second-order valence-electron chi connectivity index (χ2n) is 3.56. The molecule has 17 heavy (non-hydrogen) atoms. The molecule has 0 bridgehead atoms. The van der Waals surface area contributed by atoms with E-state index < -0.39 is 34.7 Å². The largest absolute Gasteiger partial charge is 0.293 e. The van der Waals surface area contributed by atoms with Gasteiger partial charge in [-0.3, -0.25) is 4.79 Å². The highest BCUT2D eigenvalue weighted by molar-refractivity contribution is 5.99. The second kappa shape index (κ2) is 5.48. The fourth-order valence-electron chi connectivity index (χ4n) is 1.45. The Kier molecular flexibility index (Phi) is 4.27. The summed E-state index contributed by atoms with van der Waals surface area (Å²) in [6, 6.07) is 3.26. The molecular weight excluding hydrogens is 231 g/mol. The highest BCUT2D eigenvalue weighted by atomic mass is 19.2. The quantitative estimate of drug-likeness (QED) is 0.599. The van der Waals surface area contributed by atoms with Gasteiger partial charge in [-0.2, -0.15) is 5.26 Å². The Hall–Kier alpha value is -1.83. The molecule has 1 aromatic carbocycles. The molecule has 0 fully saturated rings. The number of halogens is 3. The van der Waals surface area contributed by atoms with Crippen molar-refractivity contribution in [1.82, 2.24) is 0 Å². The van der Waals surface area contributed by atoms with E-state index in [2.05, 4.69) is 0 Å². The van der Waals surface area contributed by atoms with Crippen molar-refractivity contribution in [3.8, 4) is 6.07 Å². The van der Waals surface area contributed by atoms with Gasteiger partial charge >= 0.3 is 0 Å². The zero-order valence-electron chi connectivity index (χ0n) is 9.14. The first-order chi connectivity index (χ1) is 8.02. The zero-order valence-corrected chi connectivity index (χ0v) is 9.14. The molecule has 90 valence electrons. The van der Waals surface area contributed by atoms with Crippen LogP contribution >= 0.6 is 0 Å². The smallest absolute Gasteiger partial charge is 0.195 e. The van der Waals surface area contributed by atoms with Crippen LogP contribution in [0, 0.1) is 34.7 Å². The molecule has 0 aliphatic rings. The molecule has 2 nitrogen and oxygen atoms in total. The van der Waals surface area contributed by atoms with Crippen molar-refractivity contribution in [3.05, 3.63) is 35.1 Å². The van der Waals surface area contributed by atoms with Gasteiger partial charge in [-0.25, -0.2) is 13.2 Å². The van der Waals surface area contributed by atoms with Gasteiger partial charge in [0.05, 0.1) is 11.6 Å². The van der Waals surface area contributed by atoms with Crippen LogP contribution in [0.2, 0.25) is 0 Å². The first-order valence-corrected chi connectivity index (χ1v) is 5.10. The monoisotopic (exact) mass is 241 g/mol. The predicted molar refractivity (Wildman–Crippen MR) is 54.7 cm³/mol. The first kappa shape index (κ1) is 13.2. The van der Waals surface area contributed by atoms with Crippen LogP contribution in [0.4, 0.5) is 13.2 Å². The standard InChI is InChI=1S/C12H10F3NO/c1-2-3-7(6-16)12(17)8-4-5-9(13)11(15)10(8)14/h4-5,7H,2-3H2,1H3. The topological polar surface area (TPSA) is 40.9 Å². The van der Waals surface area contributed by atoms with Crippen molar-refractivity contribution in [2.24, 2.45) is 5.92 Å². The van der Waals surface area contributed by atoms with E-state index in [1.54, 1.807) is 13.0 Å². The lowest BCUT2D eigenvalue weighted by Gasteiger charge is -2.08. The Labute approximate surface area is 96.7 Å². The van der Waals surface area contributed by atoms with E-state index in [0.717, 1.165) is 6.07 Å². The second-order valence-corrected chi connectivity index (χ2v) is 3.56. The summed E-state index contributed by atoms with van der Waals surface area (Å²) < 4.78 is 38.9. The third-order valence-electron chi connectivity index (χ3n) is 2.35. The third kappa shape index (κ3) is 2.64. The maximum Gasteiger partial charge on any atom is 0.195 e. The normalized spacial score (nSPS) is 11.9. The molecule has 0 amide bonds. The van der Waals surface area contributed by atoms with Crippen molar-refractivity contribution in [1.29, 1.82) is 5.26 Å². The van der Waals surface area contributed by atoms with E-state index in [9.17, 15) is 18.0 Å². The van der Waals surface area contributed by atoms with Gasteiger partial charge in [-0.05, 0) is 18.6 Å². The summed E-state index contributed by atoms with van der Waals surface area (Å²) in [5, 5.41) is 8.74. The molecule has 1 rings (SSSR count). The van der Waals surface area contributed by atoms with E-state index in [4.69, 9.17) is 5.26 Å². The number of Topliss-reactive ketones (excluding diaryl/α,β-unsaturated/α-hetero) is 1. The van der Waals surface area contributed by atoms with E-state index in [1.807, 2.05) is 0 Å². The summed E-state index contributed by atoms with van der Waals surface area (Å²) in [5.41, 5.74) is -0.580. The van der Waals surface area contributed by atoms with E-state index in [1.165, 1.54) is 0 Å². The molecule has 0 spiro atoms. The highest BCUT2D eigenvalue weighted by Crippen LogP contribution is 2.20. The van der Waals surface area contributed by atoms with Crippen LogP contribution < -0.4 is 0 Å². The molecule has 0 saturated heterocycles. The van der Waals surface area contributed by atoms with Crippen LogP contribution in [0.1, 0.15) is 30.1 Å². The fraction of sp³-hybridized carbons (Fsp3) is 0.333. The summed E-state index contributed by atoms with van der Waals surface area (Å²) in [6.07, 6.45) is 0.822. The third-order valence-corrected chi connectivity index (χ3v) is 2.35. The van der Waals surface area contributed by atoms with E-state index >= 15 is 0 Å². The SMILES string of the molecule is CCCC(C#N)C(=O)c1ccc(F)c(F)c1F. The van der Waals surface area contributed by atoms with Crippen molar-refractivity contribution in [2.45, 2.75) is 19.8 Å². The number of carbonyl (C=O) groups excluding carboxylic acids is 1. The number of nitrogens with zero attached hydrogens (tertiary/aromatic N) is 1. The van der Waals surface area contributed by atoms with Gasteiger partial charge in [0.1, 0.15) is 5.92 Å². The minimum Gasteiger partial charge on any atom is -0.293 e. The molecule has 0 saturated carbocycles. The fourth-order valence-corrected chi connectivity index (χ4v) is 1.45.